The third-order valence-electron chi connectivity index (χ3n) is 2.84. The van der Waals surface area contributed by atoms with Crippen LogP contribution >= 0.6 is 0 Å². The van der Waals surface area contributed by atoms with Crippen LogP contribution in [0.2, 0.25) is 0 Å². The molecule has 1 aliphatic carbocycles. The number of nitrogens with one attached hydrogen (secondary N) is 1. The van der Waals surface area contributed by atoms with Crippen molar-refractivity contribution in [1.82, 2.24) is 5.32 Å². The van der Waals surface area contributed by atoms with E-state index in [1.807, 2.05) is 0 Å². The van der Waals surface area contributed by atoms with E-state index in [1.165, 1.54) is 30.5 Å². The summed E-state index contributed by atoms with van der Waals surface area (Å²) in [6.07, 6.45) is 4.04. The first-order valence-electron chi connectivity index (χ1n) is 5.61. The highest BCUT2D eigenvalue weighted by Crippen LogP contribution is 2.27. The second-order valence-corrected chi connectivity index (χ2v) is 4.38. The van der Waals surface area contributed by atoms with E-state index in [4.69, 9.17) is 0 Å². The van der Waals surface area contributed by atoms with Crippen molar-refractivity contribution in [3.8, 4) is 0 Å². The van der Waals surface area contributed by atoms with Gasteiger partial charge < -0.3 is 5.32 Å². The van der Waals surface area contributed by atoms with Crippen molar-refractivity contribution in [2.24, 2.45) is 5.92 Å². The normalized spacial score (nSPS) is 15.8. The van der Waals surface area contributed by atoms with Gasteiger partial charge in [0, 0.05) is 0 Å². The first kappa shape index (κ1) is 9.72. The van der Waals surface area contributed by atoms with Crippen LogP contribution in [0.3, 0.4) is 0 Å². The van der Waals surface area contributed by atoms with Gasteiger partial charge in [0.25, 0.3) is 0 Å². The predicted octanol–water partition coefficient (Wildman–Crippen LogP) is 2.54. The molecule has 0 unspecified atom stereocenters. The molecular weight excluding hydrogens is 170 g/mol. The highest BCUT2D eigenvalue weighted by atomic mass is 14.9. The minimum Gasteiger partial charge on any atom is -0.316 e. The zero-order valence-electron chi connectivity index (χ0n) is 8.92. The van der Waals surface area contributed by atoms with Crippen molar-refractivity contribution >= 4 is 0 Å². The summed E-state index contributed by atoms with van der Waals surface area (Å²) in [5.41, 5.74) is 2.79. The van der Waals surface area contributed by atoms with Crippen LogP contribution in [0.1, 0.15) is 24.0 Å². The SMILES string of the molecule is Cc1ccc(CCNCC2CC2)cc1. The molecule has 14 heavy (non-hydrogen) atoms. The maximum Gasteiger partial charge on any atom is -0.000824 e. The Kier molecular flexibility index (Phi) is 3.20. The fourth-order valence-corrected chi connectivity index (χ4v) is 1.62. The molecule has 1 heteroatoms. The fraction of sp³-hybridized carbons (Fsp3) is 0.538. The van der Waals surface area contributed by atoms with E-state index in [1.54, 1.807) is 0 Å². The van der Waals surface area contributed by atoms with Crippen molar-refractivity contribution in [2.75, 3.05) is 13.1 Å². The average molecular weight is 189 g/mol. The van der Waals surface area contributed by atoms with Gasteiger partial charge in [0.15, 0.2) is 0 Å². The maximum atomic E-state index is 3.51. The van der Waals surface area contributed by atoms with Crippen molar-refractivity contribution in [3.05, 3.63) is 35.4 Å². The van der Waals surface area contributed by atoms with Crippen molar-refractivity contribution < 1.29 is 0 Å². The Balaban J connectivity index is 1.66. The van der Waals surface area contributed by atoms with Crippen LogP contribution in [-0.2, 0) is 6.42 Å². The van der Waals surface area contributed by atoms with Gasteiger partial charge in [-0.3, -0.25) is 0 Å². The highest BCUT2D eigenvalue weighted by Gasteiger charge is 2.19. The third-order valence-corrected chi connectivity index (χ3v) is 2.84. The van der Waals surface area contributed by atoms with Gasteiger partial charge >= 0.3 is 0 Å². The van der Waals surface area contributed by atoms with E-state index < -0.39 is 0 Å². The molecule has 0 saturated heterocycles. The zero-order chi connectivity index (χ0) is 9.80. The van der Waals surface area contributed by atoms with E-state index in [0.29, 0.717) is 0 Å². The molecule has 0 radical (unpaired) electrons. The largest absolute Gasteiger partial charge is 0.316 e. The topological polar surface area (TPSA) is 12.0 Å². The first-order valence-corrected chi connectivity index (χ1v) is 5.61. The number of hydrogen-bond acceptors (Lipinski definition) is 1. The lowest BCUT2D eigenvalue weighted by Gasteiger charge is -2.03. The molecule has 1 aromatic rings. The summed E-state index contributed by atoms with van der Waals surface area (Å²) >= 11 is 0. The van der Waals surface area contributed by atoms with Gasteiger partial charge in [0.2, 0.25) is 0 Å². The van der Waals surface area contributed by atoms with Gasteiger partial charge in [-0.25, -0.2) is 0 Å². The lowest BCUT2D eigenvalue weighted by molar-refractivity contribution is 0.637. The Morgan fingerprint density at radius 3 is 2.57 bits per heavy atom. The molecule has 1 fully saturated rings. The molecule has 0 amide bonds. The molecule has 0 aliphatic heterocycles. The number of aryl methyl sites for hydroxylation is 1. The fourth-order valence-electron chi connectivity index (χ4n) is 1.62. The van der Waals surface area contributed by atoms with Crippen LogP contribution in [0.5, 0.6) is 0 Å². The summed E-state index contributed by atoms with van der Waals surface area (Å²) in [5, 5.41) is 3.51. The van der Waals surface area contributed by atoms with E-state index >= 15 is 0 Å². The summed E-state index contributed by atoms with van der Waals surface area (Å²) in [6.45, 7) is 4.49. The first-order chi connectivity index (χ1) is 6.84. The highest BCUT2D eigenvalue weighted by molar-refractivity contribution is 5.21. The van der Waals surface area contributed by atoms with Crippen LogP contribution < -0.4 is 5.32 Å². The lowest BCUT2D eigenvalue weighted by atomic mass is 10.1. The Morgan fingerprint density at radius 2 is 1.93 bits per heavy atom. The van der Waals surface area contributed by atoms with Gasteiger partial charge in [-0.05, 0) is 50.8 Å². The number of rotatable bonds is 5. The summed E-state index contributed by atoms with van der Waals surface area (Å²) in [6, 6.07) is 8.84. The Bertz CT molecular complexity index is 272. The zero-order valence-corrected chi connectivity index (χ0v) is 8.92. The molecular formula is C13H19N. The van der Waals surface area contributed by atoms with Gasteiger partial charge in [-0.2, -0.15) is 0 Å². The molecule has 0 heterocycles. The van der Waals surface area contributed by atoms with Gasteiger partial charge in [0.05, 0.1) is 0 Å². The minimum absolute atomic E-state index is 0.994. The molecule has 76 valence electrons. The van der Waals surface area contributed by atoms with Gasteiger partial charge in [0.1, 0.15) is 0 Å². The summed E-state index contributed by atoms with van der Waals surface area (Å²) in [7, 11) is 0. The molecule has 0 atom stereocenters. The van der Waals surface area contributed by atoms with Crippen LogP contribution in [-0.4, -0.2) is 13.1 Å². The third kappa shape index (κ3) is 3.15. The molecule has 1 aromatic carbocycles. The Morgan fingerprint density at radius 1 is 1.21 bits per heavy atom. The molecule has 0 bridgehead atoms. The van der Waals surface area contributed by atoms with E-state index in [-0.39, 0.29) is 0 Å². The lowest BCUT2D eigenvalue weighted by Crippen LogP contribution is -2.19. The number of hydrogen-bond donors (Lipinski definition) is 1. The van der Waals surface area contributed by atoms with Crippen molar-refractivity contribution in [2.45, 2.75) is 26.2 Å². The van der Waals surface area contributed by atoms with Gasteiger partial charge in [-0.15, -0.1) is 0 Å². The van der Waals surface area contributed by atoms with Crippen LogP contribution in [0.25, 0.3) is 0 Å². The molecule has 1 N–H and O–H groups in total. The molecule has 1 saturated carbocycles. The average Bonchev–Trinajstić information content (AvgIpc) is 2.99. The molecule has 0 aromatic heterocycles. The van der Waals surface area contributed by atoms with Crippen LogP contribution in [0.4, 0.5) is 0 Å². The van der Waals surface area contributed by atoms with Gasteiger partial charge in [-0.1, -0.05) is 29.8 Å². The second-order valence-electron chi connectivity index (χ2n) is 4.38. The van der Waals surface area contributed by atoms with Crippen molar-refractivity contribution in [1.29, 1.82) is 0 Å². The molecule has 1 nitrogen and oxygen atoms in total. The molecule has 2 rings (SSSR count). The van der Waals surface area contributed by atoms with E-state index in [2.05, 4.69) is 36.5 Å². The second kappa shape index (κ2) is 4.61. The molecule has 0 spiro atoms. The van der Waals surface area contributed by atoms with Crippen LogP contribution in [0, 0.1) is 12.8 Å². The Labute approximate surface area is 86.5 Å². The van der Waals surface area contributed by atoms with Crippen molar-refractivity contribution in [3.63, 3.8) is 0 Å². The maximum absolute atomic E-state index is 3.51. The molecule has 1 aliphatic rings. The van der Waals surface area contributed by atoms with Crippen LogP contribution in [0.15, 0.2) is 24.3 Å². The number of benzene rings is 1. The minimum atomic E-state index is 0.994. The Hall–Kier alpha value is -0.820. The quantitative estimate of drug-likeness (QED) is 0.702. The summed E-state index contributed by atoms with van der Waals surface area (Å²) in [4.78, 5) is 0. The summed E-state index contributed by atoms with van der Waals surface area (Å²) in [5.74, 6) is 0.994. The predicted molar refractivity (Wildman–Crippen MR) is 60.5 cm³/mol. The van der Waals surface area contributed by atoms with E-state index in [0.717, 1.165) is 18.9 Å². The monoisotopic (exact) mass is 189 g/mol. The van der Waals surface area contributed by atoms with E-state index in [9.17, 15) is 0 Å². The standard InChI is InChI=1S/C13H19N/c1-11-2-4-12(5-3-11)8-9-14-10-13-6-7-13/h2-5,13-14H,6-10H2,1H3. The summed E-state index contributed by atoms with van der Waals surface area (Å²) < 4.78 is 0. The smallest absolute Gasteiger partial charge is 0.000824 e.